The summed E-state index contributed by atoms with van der Waals surface area (Å²) in [6, 6.07) is 6.24. The Hall–Kier alpha value is -2.67. The molecule has 1 aliphatic rings. The maximum atomic E-state index is 5.92. The van der Waals surface area contributed by atoms with Crippen molar-refractivity contribution in [3.63, 3.8) is 0 Å². The molecule has 1 atom stereocenters. The zero-order valence-corrected chi connectivity index (χ0v) is 13.4. The predicted molar refractivity (Wildman–Crippen MR) is 92.2 cm³/mol. The van der Waals surface area contributed by atoms with Crippen molar-refractivity contribution >= 4 is 22.8 Å². The Labute approximate surface area is 139 Å². The highest BCUT2D eigenvalue weighted by Gasteiger charge is 2.18. The minimum atomic E-state index is 0.0933. The first-order valence-electron chi connectivity index (χ1n) is 8.14. The standard InChI is InChI=1S/C17H20N6O/c18-16-12(9-20-17(19)22-16)7-11-4-5-14-13(8-11)21-10-23(14)15-3-1-2-6-24-15/h4-5,8-10,15H,1-3,6-7H2,(H4,18,19,20,22). The van der Waals surface area contributed by atoms with Crippen LogP contribution in [0.1, 0.15) is 36.6 Å². The van der Waals surface area contributed by atoms with Gasteiger partial charge in [-0.1, -0.05) is 6.07 Å². The quantitative estimate of drug-likeness (QED) is 0.766. The van der Waals surface area contributed by atoms with Crippen molar-refractivity contribution in [1.29, 1.82) is 0 Å². The van der Waals surface area contributed by atoms with Crippen LogP contribution in [-0.4, -0.2) is 26.1 Å². The predicted octanol–water partition coefficient (Wildman–Crippen LogP) is 2.28. The van der Waals surface area contributed by atoms with Crippen LogP contribution in [0.4, 0.5) is 11.8 Å². The molecule has 3 heterocycles. The van der Waals surface area contributed by atoms with Crippen molar-refractivity contribution in [2.24, 2.45) is 0 Å². The zero-order chi connectivity index (χ0) is 16.5. The summed E-state index contributed by atoms with van der Waals surface area (Å²) in [5.41, 5.74) is 15.5. The largest absolute Gasteiger partial charge is 0.383 e. The lowest BCUT2D eigenvalue weighted by Crippen LogP contribution is -2.17. The molecule has 7 nitrogen and oxygen atoms in total. The zero-order valence-electron chi connectivity index (χ0n) is 13.4. The van der Waals surface area contributed by atoms with Gasteiger partial charge in [-0.15, -0.1) is 0 Å². The van der Waals surface area contributed by atoms with E-state index in [0.717, 1.165) is 41.6 Å². The summed E-state index contributed by atoms with van der Waals surface area (Å²) in [6.07, 6.45) is 7.65. The number of nitrogen functional groups attached to an aromatic ring is 2. The number of benzene rings is 1. The molecule has 1 fully saturated rings. The van der Waals surface area contributed by atoms with Crippen molar-refractivity contribution in [2.75, 3.05) is 18.1 Å². The molecule has 4 N–H and O–H groups in total. The average Bonchev–Trinajstić information content (AvgIpc) is 3.01. The van der Waals surface area contributed by atoms with E-state index in [4.69, 9.17) is 16.2 Å². The van der Waals surface area contributed by atoms with Crippen molar-refractivity contribution < 1.29 is 4.74 Å². The van der Waals surface area contributed by atoms with Gasteiger partial charge < -0.3 is 20.8 Å². The second-order valence-electron chi connectivity index (χ2n) is 6.11. The van der Waals surface area contributed by atoms with E-state index in [9.17, 15) is 0 Å². The Bertz CT molecular complexity index is 869. The molecular weight excluding hydrogens is 304 g/mol. The smallest absolute Gasteiger partial charge is 0.221 e. The first-order valence-corrected chi connectivity index (χ1v) is 8.14. The number of hydrogen-bond donors (Lipinski definition) is 2. The average molecular weight is 324 g/mol. The van der Waals surface area contributed by atoms with Crippen LogP contribution in [0.5, 0.6) is 0 Å². The minimum absolute atomic E-state index is 0.0933. The number of imidazole rings is 1. The lowest BCUT2D eigenvalue weighted by atomic mass is 10.1. The molecule has 3 aromatic rings. The van der Waals surface area contributed by atoms with Crippen molar-refractivity contribution in [3.05, 3.63) is 41.9 Å². The highest BCUT2D eigenvalue weighted by atomic mass is 16.5. The fourth-order valence-electron chi connectivity index (χ4n) is 3.15. The molecule has 0 aliphatic carbocycles. The number of hydrogen-bond acceptors (Lipinski definition) is 6. The number of ether oxygens (including phenoxy) is 1. The normalized spacial score (nSPS) is 18.1. The summed E-state index contributed by atoms with van der Waals surface area (Å²) in [6.45, 7) is 0.818. The monoisotopic (exact) mass is 324 g/mol. The molecule has 1 saturated heterocycles. The maximum Gasteiger partial charge on any atom is 0.221 e. The Balaban J connectivity index is 1.62. The van der Waals surface area contributed by atoms with Gasteiger partial charge in [0.2, 0.25) is 5.95 Å². The van der Waals surface area contributed by atoms with Gasteiger partial charge in [-0.2, -0.15) is 4.98 Å². The van der Waals surface area contributed by atoms with Crippen molar-refractivity contribution in [3.8, 4) is 0 Å². The van der Waals surface area contributed by atoms with Crippen LogP contribution < -0.4 is 11.5 Å². The van der Waals surface area contributed by atoms with Crippen LogP contribution in [0, 0.1) is 0 Å². The molecule has 24 heavy (non-hydrogen) atoms. The minimum Gasteiger partial charge on any atom is -0.383 e. The molecule has 0 radical (unpaired) electrons. The van der Waals surface area contributed by atoms with E-state index in [1.54, 1.807) is 6.20 Å². The number of nitrogens with zero attached hydrogens (tertiary/aromatic N) is 4. The van der Waals surface area contributed by atoms with Gasteiger partial charge >= 0.3 is 0 Å². The topological polar surface area (TPSA) is 105 Å². The van der Waals surface area contributed by atoms with Crippen LogP contribution >= 0.6 is 0 Å². The highest BCUT2D eigenvalue weighted by Crippen LogP contribution is 2.27. The lowest BCUT2D eigenvalue weighted by molar-refractivity contribution is -0.0295. The number of nitrogens with two attached hydrogens (primary N) is 2. The number of rotatable bonds is 3. The third-order valence-corrected chi connectivity index (χ3v) is 4.42. The van der Waals surface area contributed by atoms with Crippen molar-refractivity contribution in [2.45, 2.75) is 31.9 Å². The van der Waals surface area contributed by atoms with E-state index in [0.29, 0.717) is 12.2 Å². The van der Waals surface area contributed by atoms with Crippen LogP contribution in [-0.2, 0) is 11.2 Å². The highest BCUT2D eigenvalue weighted by molar-refractivity contribution is 5.76. The maximum absolute atomic E-state index is 5.92. The van der Waals surface area contributed by atoms with Crippen LogP contribution in [0.2, 0.25) is 0 Å². The van der Waals surface area contributed by atoms with E-state index in [-0.39, 0.29) is 12.2 Å². The molecule has 4 rings (SSSR count). The summed E-state index contributed by atoms with van der Waals surface area (Å²) >= 11 is 0. The van der Waals surface area contributed by atoms with Crippen molar-refractivity contribution in [1.82, 2.24) is 19.5 Å². The van der Waals surface area contributed by atoms with E-state index in [1.165, 1.54) is 6.42 Å². The summed E-state index contributed by atoms with van der Waals surface area (Å²) < 4.78 is 7.99. The van der Waals surface area contributed by atoms with Gasteiger partial charge in [0.25, 0.3) is 0 Å². The summed E-state index contributed by atoms with van der Waals surface area (Å²) in [7, 11) is 0. The van der Waals surface area contributed by atoms with Gasteiger partial charge in [0, 0.05) is 24.8 Å². The first kappa shape index (κ1) is 14.9. The SMILES string of the molecule is Nc1ncc(Cc2ccc3c(c2)ncn3C2CCCCO2)c(N)n1. The van der Waals surface area contributed by atoms with Gasteiger partial charge in [0.1, 0.15) is 12.0 Å². The third-order valence-electron chi connectivity index (χ3n) is 4.42. The second kappa shape index (κ2) is 6.09. The molecule has 1 unspecified atom stereocenters. The Kier molecular flexibility index (Phi) is 3.78. The third kappa shape index (κ3) is 2.78. The van der Waals surface area contributed by atoms with Crippen LogP contribution in [0.15, 0.2) is 30.7 Å². The van der Waals surface area contributed by atoms with Gasteiger partial charge in [-0.25, -0.2) is 9.97 Å². The Morgan fingerprint density at radius 1 is 1.21 bits per heavy atom. The molecular formula is C17H20N6O. The molecule has 0 spiro atoms. The van der Waals surface area contributed by atoms with Gasteiger partial charge in [0.05, 0.1) is 17.4 Å². The molecule has 0 amide bonds. The molecule has 0 saturated carbocycles. The fourth-order valence-corrected chi connectivity index (χ4v) is 3.15. The molecule has 1 aliphatic heterocycles. The fraction of sp³-hybridized carbons (Fsp3) is 0.353. The van der Waals surface area contributed by atoms with E-state index < -0.39 is 0 Å². The number of aromatic nitrogens is 4. The Morgan fingerprint density at radius 3 is 2.92 bits per heavy atom. The molecule has 124 valence electrons. The lowest BCUT2D eigenvalue weighted by Gasteiger charge is -2.24. The first-order chi connectivity index (χ1) is 11.7. The number of fused-ring (bicyclic) bond motifs is 1. The summed E-state index contributed by atoms with van der Waals surface area (Å²) in [5.74, 6) is 0.613. The molecule has 1 aromatic carbocycles. The Morgan fingerprint density at radius 2 is 2.12 bits per heavy atom. The van der Waals surface area contributed by atoms with E-state index in [2.05, 4.69) is 37.7 Å². The number of anilines is 2. The van der Waals surface area contributed by atoms with Gasteiger partial charge in [0.15, 0.2) is 0 Å². The van der Waals surface area contributed by atoms with Gasteiger partial charge in [-0.3, -0.25) is 0 Å². The summed E-state index contributed by atoms with van der Waals surface area (Å²) in [5, 5.41) is 0. The molecule has 2 aromatic heterocycles. The van der Waals surface area contributed by atoms with Crippen LogP contribution in [0.25, 0.3) is 11.0 Å². The van der Waals surface area contributed by atoms with Gasteiger partial charge in [-0.05, 0) is 37.0 Å². The van der Waals surface area contributed by atoms with E-state index >= 15 is 0 Å². The summed E-state index contributed by atoms with van der Waals surface area (Å²) in [4.78, 5) is 12.6. The molecule has 0 bridgehead atoms. The second-order valence-corrected chi connectivity index (χ2v) is 6.11. The van der Waals surface area contributed by atoms with E-state index in [1.807, 2.05) is 6.33 Å². The van der Waals surface area contributed by atoms with Crippen LogP contribution in [0.3, 0.4) is 0 Å². The molecule has 7 heteroatoms.